The highest BCUT2D eigenvalue weighted by Crippen LogP contribution is 1.94. The molecule has 0 aliphatic carbocycles. The first-order chi connectivity index (χ1) is 11.4. The van der Waals surface area contributed by atoms with Gasteiger partial charge in [0.2, 0.25) is 5.91 Å². The summed E-state index contributed by atoms with van der Waals surface area (Å²) in [6.45, 7) is 4.69. The number of nitrogens with one attached hydrogen (secondary N) is 3. The molecule has 0 aromatic heterocycles. The van der Waals surface area contributed by atoms with Crippen LogP contribution < -0.4 is 21.7 Å². The van der Waals surface area contributed by atoms with Crippen molar-refractivity contribution in [1.82, 2.24) is 25.8 Å². The molecule has 2 heterocycles. The zero-order chi connectivity index (χ0) is 17.9. The number of rotatable bonds is 7. The van der Waals surface area contributed by atoms with Crippen LogP contribution in [0, 0.1) is 0 Å². The number of amides is 5. The fraction of sp³-hybridized carbons (Fsp3) is 0.692. The average Bonchev–Trinajstić information content (AvgIpc) is 3.09. The number of carbonyl (C=O) groups is 4. The zero-order valence-corrected chi connectivity index (χ0v) is 13.4. The van der Waals surface area contributed by atoms with Gasteiger partial charge >= 0.3 is 18.0 Å². The van der Waals surface area contributed by atoms with Gasteiger partial charge in [-0.1, -0.05) is 0 Å². The molecule has 0 radical (unpaired) electrons. The minimum absolute atomic E-state index is 0.0143. The van der Waals surface area contributed by atoms with Crippen LogP contribution in [0.1, 0.15) is 6.42 Å². The molecular weight excluding hydrogens is 320 g/mol. The first-order valence-electron chi connectivity index (χ1n) is 7.68. The summed E-state index contributed by atoms with van der Waals surface area (Å²) >= 11 is 0. The third kappa shape index (κ3) is 7.13. The number of carbonyl (C=O) groups excluding carboxylic acids is 3. The van der Waals surface area contributed by atoms with E-state index >= 15 is 0 Å². The molecule has 2 saturated heterocycles. The van der Waals surface area contributed by atoms with Gasteiger partial charge in [0.1, 0.15) is 6.42 Å². The van der Waals surface area contributed by atoms with Gasteiger partial charge in [-0.2, -0.15) is 0 Å². The van der Waals surface area contributed by atoms with Crippen LogP contribution in [0.3, 0.4) is 0 Å². The van der Waals surface area contributed by atoms with Gasteiger partial charge in [-0.15, -0.1) is 0 Å². The maximum absolute atomic E-state index is 11.0. The Bertz CT molecular complexity index is 472. The Morgan fingerprint density at radius 3 is 2.04 bits per heavy atom. The molecule has 2 aliphatic heterocycles. The van der Waals surface area contributed by atoms with Crippen molar-refractivity contribution in [1.29, 1.82) is 0 Å². The number of carboxylic acid groups (broad SMARTS) is 1. The SMILES string of the molecule is NCCN1CCNC1=O.O=C(O)CC(=O)NCCN1CCNC1=O. The van der Waals surface area contributed by atoms with E-state index < -0.39 is 18.3 Å². The van der Waals surface area contributed by atoms with Crippen molar-refractivity contribution < 1.29 is 24.3 Å². The molecule has 6 N–H and O–H groups in total. The molecule has 0 aromatic rings. The van der Waals surface area contributed by atoms with Crippen LogP contribution in [-0.2, 0) is 9.59 Å². The van der Waals surface area contributed by atoms with Crippen molar-refractivity contribution in [2.45, 2.75) is 6.42 Å². The van der Waals surface area contributed by atoms with Crippen LogP contribution in [-0.4, -0.2) is 91.2 Å². The second-order valence-electron chi connectivity index (χ2n) is 5.15. The highest BCUT2D eigenvalue weighted by molar-refractivity contribution is 5.93. The van der Waals surface area contributed by atoms with E-state index in [1.165, 1.54) is 0 Å². The Kier molecular flexibility index (Phi) is 8.33. The Hall–Kier alpha value is -2.56. The van der Waals surface area contributed by atoms with Crippen LogP contribution in [0.25, 0.3) is 0 Å². The van der Waals surface area contributed by atoms with Gasteiger partial charge in [-0.25, -0.2) is 9.59 Å². The summed E-state index contributed by atoms with van der Waals surface area (Å²) in [5.74, 6) is -1.70. The van der Waals surface area contributed by atoms with Crippen molar-refractivity contribution in [2.24, 2.45) is 5.73 Å². The third-order valence-electron chi connectivity index (χ3n) is 3.31. The van der Waals surface area contributed by atoms with E-state index in [-0.39, 0.29) is 18.6 Å². The van der Waals surface area contributed by atoms with Gasteiger partial charge in [0, 0.05) is 52.4 Å². The molecule has 0 spiro atoms. The summed E-state index contributed by atoms with van der Waals surface area (Å²) in [5.41, 5.74) is 5.25. The van der Waals surface area contributed by atoms with Gasteiger partial charge in [0.05, 0.1) is 0 Å². The number of nitrogens with two attached hydrogens (primary N) is 1. The van der Waals surface area contributed by atoms with E-state index in [1.807, 2.05) is 0 Å². The molecule has 24 heavy (non-hydrogen) atoms. The van der Waals surface area contributed by atoms with Crippen LogP contribution in [0.4, 0.5) is 9.59 Å². The molecule has 136 valence electrons. The number of carboxylic acids is 1. The average molecular weight is 344 g/mol. The molecule has 11 heteroatoms. The minimum atomic E-state index is -1.16. The largest absolute Gasteiger partial charge is 0.481 e. The molecule has 2 aliphatic rings. The van der Waals surface area contributed by atoms with Crippen molar-refractivity contribution in [3.63, 3.8) is 0 Å². The Morgan fingerprint density at radius 1 is 1.08 bits per heavy atom. The summed E-state index contributed by atoms with van der Waals surface area (Å²) in [6, 6.07) is -0.136. The van der Waals surface area contributed by atoms with Crippen LogP contribution in [0.15, 0.2) is 0 Å². The van der Waals surface area contributed by atoms with Gasteiger partial charge in [0.15, 0.2) is 0 Å². The highest BCUT2D eigenvalue weighted by Gasteiger charge is 2.19. The molecular formula is C13H24N6O5. The maximum atomic E-state index is 11.0. The second-order valence-corrected chi connectivity index (χ2v) is 5.15. The minimum Gasteiger partial charge on any atom is -0.481 e. The zero-order valence-electron chi connectivity index (χ0n) is 13.4. The number of hydrogen-bond acceptors (Lipinski definition) is 5. The second kappa shape index (κ2) is 10.3. The van der Waals surface area contributed by atoms with Crippen molar-refractivity contribution in [2.75, 3.05) is 52.4 Å². The summed E-state index contributed by atoms with van der Waals surface area (Å²) in [4.78, 5) is 46.1. The van der Waals surface area contributed by atoms with E-state index in [0.717, 1.165) is 13.1 Å². The smallest absolute Gasteiger partial charge is 0.317 e. The van der Waals surface area contributed by atoms with E-state index in [0.29, 0.717) is 32.7 Å². The number of aliphatic carboxylic acids is 1. The topological polar surface area (TPSA) is 157 Å². The summed E-state index contributed by atoms with van der Waals surface area (Å²) in [5, 5.41) is 16.0. The lowest BCUT2D eigenvalue weighted by atomic mass is 10.4. The van der Waals surface area contributed by atoms with Crippen LogP contribution >= 0.6 is 0 Å². The molecule has 2 rings (SSSR count). The lowest BCUT2D eigenvalue weighted by molar-refractivity contribution is -0.140. The van der Waals surface area contributed by atoms with Gasteiger partial charge in [-0.05, 0) is 0 Å². The third-order valence-corrected chi connectivity index (χ3v) is 3.31. The normalized spacial score (nSPS) is 16.2. The monoisotopic (exact) mass is 344 g/mol. The lowest BCUT2D eigenvalue weighted by Crippen LogP contribution is -2.37. The fourth-order valence-corrected chi connectivity index (χ4v) is 2.13. The van der Waals surface area contributed by atoms with Gasteiger partial charge < -0.3 is 36.6 Å². The van der Waals surface area contributed by atoms with E-state index in [2.05, 4.69) is 16.0 Å². The highest BCUT2D eigenvalue weighted by atomic mass is 16.4. The fourth-order valence-electron chi connectivity index (χ4n) is 2.13. The molecule has 0 unspecified atom stereocenters. The predicted molar refractivity (Wildman–Crippen MR) is 84.3 cm³/mol. The van der Waals surface area contributed by atoms with Crippen molar-refractivity contribution in [3.8, 4) is 0 Å². The molecule has 2 fully saturated rings. The Morgan fingerprint density at radius 2 is 1.62 bits per heavy atom. The van der Waals surface area contributed by atoms with Crippen LogP contribution in [0.5, 0.6) is 0 Å². The number of hydrogen-bond donors (Lipinski definition) is 5. The summed E-state index contributed by atoms with van der Waals surface area (Å²) < 4.78 is 0. The van der Waals surface area contributed by atoms with Crippen molar-refractivity contribution in [3.05, 3.63) is 0 Å². The predicted octanol–water partition coefficient (Wildman–Crippen LogP) is -2.43. The summed E-state index contributed by atoms with van der Waals surface area (Å²) in [6.07, 6.45) is -0.536. The maximum Gasteiger partial charge on any atom is 0.317 e. The Balaban J connectivity index is 0.000000272. The van der Waals surface area contributed by atoms with Crippen molar-refractivity contribution >= 4 is 23.9 Å². The molecule has 0 bridgehead atoms. The van der Waals surface area contributed by atoms with E-state index in [9.17, 15) is 19.2 Å². The van der Waals surface area contributed by atoms with Gasteiger partial charge in [-0.3, -0.25) is 9.59 Å². The first-order valence-corrected chi connectivity index (χ1v) is 7.68. The van der Waals surface area contributed by atoms with Gasteiger partial charge in [0.25, 0.3) is 0 Å². The van der Waals surface area contributed by atoms with E-state index in [4.69, 9.17) is 10.8 Å². The molecule has 11 nitrogen and oxygen atoms in total. The standard InChI is InChI=1S/C8H13N3O4.C5H11N3O/c12-6(5-7(13)14)9-1-3-11-4-2-10-8(11)15;6-1-3-8-4-2-7-5(8)9/h1-5H2,(H,9,12)(H,10,15)(H,13,14);1-4,6H2,(H,7,9). The van der Waals surface area contributed by atoms with Crippen LogP contribution in [0.2, 0.25) is 0 Å². The molecule has 0 atom stereocenters. The molecule has 0 saturated carbocycles. The molecule has 5 amide bonds. The number of nitrogens with zero attached hydrogens (tertiary/aromatic N) is 2. The first kappa shape index (κ1) is 19.5. The Labute approximate surface area is 139 Å². The summed E-state index contributed by atoms with van der Waals surface area (Å²) in [7, 11) is 0. The quantitative estimate of drug-likeness (QED) is 0.323. The lowest BCUT2D eigenvalue weighted by Gasteiger charge is -2.13. The number of urea groups is 2. The molecule has 0 aromatic carbocycles. The van der Waals surface area contributed by atoms with E-state index in [1.54, 1.807) is 9.80 Å².